The van der Waals surface area contributed by atoms with Crippen molar-refractivity contribution >= 4 is 40.7 Å². The Kier molecular flexibility index (Phi) is 11.1. The molecule has 0 bridgehead atoms. The zero-order valence-corrected chi connectivity index (χ0v) is 24.0. The number of aliphatic hydroxyl groups excluding tert-OH is 2. The Morgan fingerprint density at radius 1 is 1.32 bits per heavy atom. The van der Waals surface area contributed by atoms with Crippen LogP contribution >= 0.6 is 22.6 Å². The third-order valence-electron chi connectivity index (χ3n) is 6.38. The Morgan fingerprint density at radius 3 is 2.68 bits per heavy atom. The van der Waals surface area contributed by atoms with Crippen LogP contribution in [0, 0.1) is 3.57 Å². The number of aliphatic hydroxyl groups is 2. The Balaban J connectivity index is 2.02. The number of carbonyl (C=O) groups excluding carboxylic acids is 3. The number of nitrogens with zero attached hydrogens (tertiary/aromatic N) is 1. The normalized spacial score (nSPS) is 22.7. The van der Waals surface area contributed by atoms with Gasteiger partial charge in [-0.3, -0.25) is 14.4 Å². The van der Waals surface area contributed by atoms with Gasteiger partial charge in [0.05, 0.1) is 29.4 Å². The Hall–Kier alpha value is -2.48. The highest BCUT2D eigenvalue weighted by Gasteiger charge is 2.41. The predicted molar refractivity (Wildman–Crippen MR) is 148 cm³/mol. The molecule has 1 aromatic rings. The van der Waals surface area contributed by atoms with Crippen LogP contribution in [0.15, 0.2) is 35.4 Å². The van der Waals surface area contributed by atoms with E-state index in [2.05, 4.69) is 5.32 Å². The number of nitrogens with one attached hydrogen (secondary N) is 1. The average molecular weight is 642 g/mol. The van der Waals surface area contributed by atoms with E-state index in [1.54, 1.807) is 11.0 Å². The van der Waals surface area contributed by atoms with Crippen LogP contribution in [-0.2, 0) is 14.3 Å². The van der Waals surface area contributed by atoms with Crippen LogP contribution in [-0.4, -0.2) is 91.0 Å². The van der Waals surface area contributed by atoms with Crippen molar-refractivity contribution in [2.45, 2.75) is 57.5 Å². The SMILES string of the molecule is COc1cc(C=O)cc(I)c1O[C@H]1C=C(C(=O)NCCO)C[C@@H](N(C[C@@H]2CCCO2)C(=O)C=C(C)C)[C@@H]1O. The third-order valence-corrected chi connectivity index (χ3v) is 7.18. The molecule has 38 heavy (non-hydrogen) atoms. The molecule has 3 N–H and O–H groups in total. The van der Waals surface area contributed by atoms with Gasteiger partial charge in [-0.2, -0.15) is 0 Å². The molecule has 2 aliphatic rings. The molecule has 0 spiro atoms. The summed E-state index contributed by atoms with van der Waals surface area (Å²) >= 11 is 2.01. The second kappa shape index (κ2) is 14.1. The van der Waals surface area contributed by atoms with Crippen LogP contribution in [0.5, 0.6) is 11.5 Å². The summed E-state index contributed by atoms with van der Waals surface area (Å²) in [5, 5.41) is 23.4. The number of methoxy groups -OCH3 is 1. The molecule has 1 saturated heterocycles. The van der Waals surface area contributed by atoms with Gasteiger partial charge in [-0.15, -0.1) is 0 Å². The van der Waals surface area contributed by atoms with Gasteiger partial charge in [-0.25, -0.2) is 0 Å². The number of amides is 2. The molecule has 0 radical (unpaired) electrons. The summed E-state index contributed by atoms with van der Waals surface area (Å²) in [6, 6.07) is 2.36. The Morgan fingerprint density at radius 2 is 2.08 bits per heavy atom. The number of ether oxygens (including phenoxy) is 3. The number of rotatable bonds is 11. The van der Waals surface area contributed by atoms with Crippen molar-refractivity contribution in [1.29, 1.82) is 0 Å². The van der Waals surface area contributed by atoms with E-state index in [0.717, 1.165) is 18.4 Å². The molecule has 10 nitrogen and oxygen atoms in total. The van der Waals surface area contributed by atoms with Gasteiger partial charge >= 0.3 is 0 Å². The third kappa shape index (κ3) is 7.55. The monoisotopic (exact) mass is 642 g/mol. The first-order valence-corrected chi connectivity index (χ1v) is 13.6. The number of benzene rings is 1. The van der Waals surface area contributed by atoms with Gasteiger partial charge in [0.2, 0.25) is 11.8 Å². The lowest BCUT2D eigenvalue weighted by Crippen LogP contribution is -2.56. The summed E-state index contributed by atoms with van der Waals surface area (Å²) in [7, 11) is 1.44. The van der Waals surface area contributed by atoms with Crippen LogP contribution in [0.1, 0.15) is 43.5 Å². The zero-order chi connectivity index (χ0) is 27.8. The molecule has 0 saturated carbocycles. The maximum atomic E-state index is 13.4. The minimum absolute atomic E-state index is 0.0596. The highest BCUT2D eigenvalue weighted by Crippen LogP contribution is 2.37. The molecule has 3 rings (SSSR count). The zero-order valence-electron chi connectivity index (χ0n) is 21.8. The summed E-state index contributed by atoms with van der Waals surface area (Å²) in [6.45, 7) is 4.33. The van der Waals surface area contributed by atoms with E-state index in [4.69, 9.17) is 14.2 Å². The van der Waals surface area contributed by atoms with Gasteiger partial charge in [0.25, 0.3) is 0 Å². The minimum Gasteiger partial charge on any atom is -0.493 e. The smallest absolute Gasteiger partial charge is 0.247 e. The Labute approximate surface area is 236 Å². The molecule has 1 aliphatic heterocycles. The van der Waals surface area contributed by atoms with Crippen LogP contribution in [0.4, 0.5) is 0 Å². The molecule has 208 valence electrons. The quantitative estimate of drug-likeness (QED) is 0.190. The van der Waals surface area contributed by atoms with E-state index in [0.29, 0.717) is 39.1 Å². The number of carbonyl (C=O) groups is 3. The number of aldehydes is 1. The maximum Gasteiger partial charge on any atom is 0.247 e. The van der Waals surface area contributed by atoms with E-state index in [9.17, 15) is 24.6 Å². The molecular formula is C27H35IN2O8. The summed E-state index contributed by atoms with van der Waals surface area (Å²) in [5.74, 6) is -0.113. The van der Waals surface area contributed by atoms with Gasteiger partial charge in [0.1, 0.15) is 18.5 Å². The van der Waals surface area contributed by atoms with Crippen molar-refractivity contribution in [3.05, 3.63) is 44.6 Å². The van der Waals surface area contributed by atoms with Gasteiger partial charge < -0.3 is 34.6 Å². The molecule has 2 amide bonds. The van der Waals surface area contributed by atoms with E-state index in [1.807, 2.05) is 36.4 Å². The molecule has 1 aromatic carbocycles. The van der Waals surface area contributed by atoms with Crippen molar-refractivity contribution < 1.29 is 38.8 Å². The second-order valence-electron chi connectivity index (χ2n) is 9.52. The minimum atomic E-state index is -1.19. The number of hydrogen-bond acceptors (Lipinski definition) is 8. The fraction of sp³-hybridized carbons (Fsp3) is 0.519. The molecule has 11 heteroatoms. The molecule has 1 fully saturated rings. The first-order chi connectivity index (χ1) is 18.2. The molecule has 4 atom stereocenters. The lowest BCUT2D eigenvalue weighted by molar-refractivity contribution is -0.135. The Bertz CT molecular complexity index is 1080. The fourth-order valence-electron chi connectivity index (χ4n) is 4.56. The van der Waals surface area contributed by atoms with E-state index in [1.165, 1.54) is 25.3 Å². The van der Waals surface area contributed by atoms with Crippen LogP contribution in [0.2, 0.25) is 0 Å². The molecule has 1 aliphatic carbocycles. The van der Waals surface area contributed by atoms with Crippen molar-refractivity contribution in [3.8, 4) is 11.5 Å². The topological polar surface area (TPSA) is 135 Å². The number of halogens is 1. The maximum absolute atomic E-state index is 13.4. The molecular weight excluding hydrogens is 607 g/mol. The lowest BCUT2D eigenvalue weighted by atomic mass is 9.87. The van der Waals surface area contributed by atoms with E-state index in [-0.39, 0.29) is 38.1 Å². The van der Waals surface area contributed by atoms with Gasteiger partial charge in [-0.05, 0) is 67.5 Å². The van der Waals surface area contributed by atoms with Gasteiger partial charge in [0.15, 0.2) is 11.5 Å². The van der Waals surface area contributed by atoms with Crippen LogP contribution < -0.4 is 14.8 Å². The van der Waals surface area contributed by atoms with Gasteiger partial charge in [-0.1, -0.05) is 5.57 Å². The lowest BCUT2D eigenvalue weighted by Gasteiger charge is -2.41. The van der Waals surface area contributed by atoms with E-state index < -0.39 is 24.2 Å². The fourth-order valence-corrected chi connectivity index (χ4v) is 5.32. The van der Waals surface area contributed by atoms with Crippen LogP contribution in [0.25, 0.3) is 0 Å². The molecule has 0 aromatic heterocycles. The average Bonchev–Trinajstić information content (AvgIpc) is 3.40. The summed E-state index contributed by atoms with van der Waals surface area (Å²) in [6.07, 6.45) is 3.12. The molecule has 1 heterocycles. The highest BCUT2D eigenvalue weighted by molar-refractivity contribution is 14.1. The van der Waals surface area contributed by atoms with Crippen LogP contribution in [0.3, 0.4) is 0 Å². The number of allylic oxidation sites excluding steroid dienone is 1. The summed E-state index contributed by atoms with van der Waals surface area (Å²) in [4.78, 5) is 39.2. The number of hydrogen-bond donors (Lipinski definition) is 3. The van der Waals surface area contributed by atoms with Crippen molar-refractivity contribution in [2.24, 2.45) is 0 Å². The first-order valence-electron chi connectivity index (χ1n) is 12.5. The predicted octanol–water partition coefficient (Wildman–Crippen LogP) is 2.00. The largest absolute Gasteiger partial charge is 0.493 e. The highest BCUT2D eigenvalue weighted by atomic mass is 127. The van der Waals surface area contributed by atoms with Crippen molar-refractivity contribution in [1.82, 2.24) is 10.2 Å². The second-order valence-corrected chi connectivity index (χ2v) is 10.7. The first kappa shape index (κ1) is 30.1. The summed E-state index contributed by atoms with van der Waals surface area (Å²) in [5.41, 5.74) is 1.52. The summed E-state index contributed by atoms with van der Waals surface area (Å²) < 4.78 is 18.0. The van der Waals surface area contributed by atoms with Gasteiger partial charge in [0, 0.05) is 43.3 Å². The van der Waals surface area contributed by atoms with Crippen molar-refractivity contribution in [3.63, 3.8) is 0 Å². The van der Waals surface area contributed by atoms with Crippen molar-refractivity contribution in [2.75, 3.05) is 33.4 Å². The standard InChI is InChI=1S/C27H35IN2O8/c1-16(2)9-24(33)30(14-19-5-4-8-37-19)21-12-18(27(35)29-6-7-31)13-22(25(21)34)38-26-20(28)10-17(15-32)11-23(26)36-3/h9-11,13,15,19,21-22,25,31,34H,4-8,12,14H2,1-3H3,(H,29,35)/t19-,21+,22-,25-/m0/s1. The molecule has 0 unspecified atom stereocenters. The van der Waals surface area contributed by atoms with E-state index >= 15 is 0 Å².